The lowest BCUT2D eigenvalue weighted by atomic mass is 10.0. The van der Waals surface area contributed by atoms with Gasteiger partial charge in [-0.15, -0.1) is 0 Å². The Morgan fingerprint density at radius 2 is 1.94 bits per heavy atom. The number of aromatic nitrogens is 2. The molecule has 156 valence electrons. The number of ketones is 1. The van der Waals surface area contributed by atoms with Crippen molar-refractivity contribution >= 4 is 16.7 Å². The van der Waals surface area contributed by atoms with Crippen LogP contribution in [0.3, 0.4) is 0 Å². The number of rotatable bonds is 4. The Bertz CT molecular complexity index is 1280. The Morgan fingerprint density at radius 1 is 1.06 bits per heavy atom. The highest BCUT2D eigenvalue weighted by molar-refractivity contribution is 5.94. The molecule has 0 saturated carbocycles. The summed E-state index contributed by atoms with van der Waals surface area (Å²) in [5.74, 6) is 0.0750. The second kappa shape index (κ2) is 7.78. The van der Waals surface area contributed by atoms with E-state index in [4.69, 9.17) is 0 Å². The molecule has 5 rings (SSSR count). The third-order valence-electron chi connectivity index (χ3n) is 6.30. The number of benzene rings is 2. The number of aryl methyl sites for hydroxylation is 1. The van der Waals surface area contributed by atoms with Crippen LogP contribution in [-0.4, -0.2) is 33.8 Å². The second-order valence-electron chi connectivity index (χ2n) is 8.53. The zero-order valence-corrected chi connectivity index (χ0v) is 18.4. The molecule has 2 aromatic heterocycles. The van der Waals surface area contributed by atoms with Crippen LogP contribution in [0.5, 0.6) is 0 Å². The van der Waals surface area contributed by atoms with Gasteiger partial charge in [0.15, 0.2) is 5.78 Å². The van der Waals surface area contributed by atoms with Gasteiger partial charge in [-0.2, -0.15) is 0 Å². The first kappa shape index (κ1) is 19.7. The minimum atomic E-state index is 0.0750. The molecule has 0 radical (unpaired) electrons. The summed E-state index contributed by atoms with van der Waals surface area (Å²) in [6.45, 7) is 6.08. The molecule has 0 fully saturated rings. The molecule has 0 atom stereocenters. The topological polar surface area (TPSA) is 38.1 Å². The van der Waals surface area contributed by atoms with Crippen LogP contribution in [0, 0.1) is 6.92 Å². The predicted octanol–water partition coefficient (Wildman–Crippen LogP) is 5.58. The van der Waals surface area contributed by atoms with Crippen molar-refractivity contribution in [2.45, 2.75) is 33.2 Å². The molecule has 4 aromatic rings. The van der Waals surface area contributed by atoms with Crippen molar-refractivity contribution in [3.8, 4) is 16.8 Å². The van der Waals surface area contributed by atoms with Crippen molar-refractivity contribution in [2.75, 3.05) is 13.6 Å². The van der Waals surface area contributed by atoms with Crippen LogP contribution in [0.15, 0.2) is 60.8 Å². The second-order valence-corrected chi connectivity index (χ2v) is 8.53. The number of hydrogen-bond donors (Lipinski definition) is 0. The molecule has 4 nitrogen and oxygen atoms in total. The molecule has 0 bridgehead atoms. The Balaban J connectivity index is 1.63. The smallest absolute Gasteiger partial charge is 0.180 e. The van der Waals surface area contributed by atoms with Gasteiger partial charge in [-0.25, -0.2) is 0 Å². The Hall–Kier alpha value is -3.24. The number of likely N-dealkylation sites (N-methyl/N-ethyl adjacent to an activating group) is 1. The van der Waals surface area contributed by atoms with Gasteiger partial charge < -0.3 is 9.47 Å². The zero-order valence-electron chi connectivity index (χ0n) is 18.4. The van der Waals surface area contributed by atoms with Gasteiger partial charge in [0.1, 0.15) is 5.69 Å². The van der Waals surface area contributed by atoms with Crippen LogP contribution in [0.4, 0.5) is 0 Å². The summed E-state index contributed by atoms with van der Waals surface area (Å²) in [7, 11) is 2.20. The Labute approximate surface area is 183 Å². The maximum absolute atomic E-state index is 11.9. The first-order valence-corrected chi connectivity index (χ1v) is 11.0. The van der Waals surface area contributed by atoms with E-state index in [0.29, 0.717) is 12.1 Å². The largest absolute Gasteiger partial charge is 0.313 e. The molecule has 0 aliphatic carbocycles. The van der Waals surface area contributed by atoms with E-state index in [0.717, 1.165) is 30.6 Å². The molecule has 0 unspecified atom stereocenters. The molecular formula is C27H27N3O. The van der Waals surface area contributed by atoms with Gasteiger partial charge in [0, 0.05) is 54.5 Å². The van der Waals surface area contributed by atoms with Crippen molar-refractivity contribution in [2.24, 2.45) is 0 Å². The summed E-state index contributed by atoms with van der Waals surface area (Å²) >= 11 is 0. The average molecular weight is 410 g/mol. The monoisotopic (exact) mass is 409 g/mol. The lowest BCUT2D eigenvalue weighted by Gasteiger charge is -2.24. The van der Waals surface area contributed by atoms with E-state index in [1.54, 1.807) is 0 Å². The fourth-order valence-corrected chi connectivity index (χ4v) is 4.64. The Kier molecular flexibility index (Phi) is 4.95. The number of nitrogens with zero attached hydrogens (tertiary/aromatic N) is 3. The maximum Gasteiger partial charge on any atom is 0.180 e. The number of pyridine rings is 1. The van der Waals surface area contributed by atoms with Gasteiger partial charge in [-0.3, -0.25) is 9.78 Å². The number of carbonyl (C=O) groups excluding carboxylic acids is 1. The lowest BCUT2D eigenvalue weighted by molar-refractivity contribution is 0.0983. The number of hydrogen-bond acceptors (Lipinski definition) is 3. The highest BCUT2D eigenvalue weighted by Crippen LogP contribution is 2.34. The van der Waals surface area contributed by atoms with Gasteiger partial charge in [-0.1, -0.05) is 36.8 Å². The molecule has 0 spiro atoms. The lowest BCUT2D eigenvalue weighted by Crippen LogP contribution is -2.27. The molecular weight excluding hydrogens is 382 g/mol. The normalized spacial score (nSPS) is 14.0. The SMILES string of the molecule is CCC(=O)c1ccc(-c2cccc(-n3c4c(c5cc(C)ccc53)CN(C)CC4)c2)cn1. The summed E-state index contributed by atoms with van der Waals surface area (Å²) in [5, 5.41) is 1.36. The van der Waals surface area contributed by atoms with Crippen LogP contribution in [0.1, 0.15) is 40.7 Å². The molecule has 0 saturated heterocycles. The summed E-state index contributed by atoms with van der Waals surface area (Å²) in [5.41, 5.74) is 9.26. The van der Waals surface area contributed by atoms with Gasteiger partial charge in [0.05, 0.1) is 5.52 Å². The number of fused-ring (bicyclic) bond motifs is 3. The van der Waals surface area contributed by atoms with Gasteiger partial charge >= 0.3 is 0 Å². The molecule has 0 amide bonds. The van der Waals surface area contributed by atoms with Gasteiger partial charge in [0.25, 0.3) is 0 Å². The molecule has 31 heavy (non-hydrogen) atoms. The standard InChI is InChI=1S/C27H27N3O/c1-4-27(31)24-10-9-20(16-28-24)19-6-5-7-21(15-19)30-25-11-8-18(2)14-22(25)23-17-29(3)13-12-26(23)30/h5-11,14-16H,4,12-13,17H2,1-3H3. The molecule has 0 N–H and O–H groups in total. The first-order valence-electron chi connectivity index (χ1n) is 11.0. The third-order valence-corrected chi connectivity index (χ3v) is 6.30. The third kappa shape index (κ3) is 3.47. The van der Waals surface area contributed by atoms with E-state index in [2.05, 4.69) is 70.9 Å². The van der Waals surface area contributed by atoms with Crippen LogP contribution in [0.2, 0.25) is 0 Å². The fourth-order valence-electron chi connectivity index (χ4n) is 4.64. The minimum absolute atomic E-state index is 0.0750. The molecule has 2 aromatic carbocycles. The van der Waals surface area contributed by atoms with Crippen LogP contribution < -0.4 is 0 Å². The summed E-state index contributed by atoms with van der Waals surface area (Å²) < 4.78 is 2.43. The average Bonchev–Trinajstić information content (AvgIpc) is 3.11. The van der Waals surface area contributed by atoms with E-state index >= 15 is 0 Å². The molecule has 1 aliphatic rings. The van der Waals surface area contributed by atoms with Gasteiger partial charge in [0.2, 0.25) is 0 Å². The van der Waals surface area contributed by atoms with E-state index < -0.39 is 0 Å². The van der Waals surface area contributed by atoms with E-state index in [9.17, 15) is 4.79 Å². The molecule has 3 heterocycles. The highest BCUT2D eigenvalue weighted by atomic mass is 16.1. The number of carbonyl (C=O) groups is 1. The van der Waals surface area contributed by atoms with E-state index in [1.165, 1.54) is 33.4 Å². The Morgan fingerprint density at radius 3 is 2.71 bits per heavy atom. The van der Waals surface area contributed by atoms with Crippen LogP contribution in [0.25, 0.3) is 27.7 Å². The van der Waals surface area contributed by atoms with Crippen molar-refractivity contribution in [3.05, 3.63) is 83.3 Å². The maximum atomic E-state index is 11.9. The number of Topliss-reactive ketones (excluding diaryl/α,β-unsaturated/α-hetero) is 1. The fraction of sp³-hybridized carbons (Fsp3) is 0.259. The van der Waals surface area contributed by atoms with Gasteiger partial charge in [-0.05, 0) is 55.4 Å². The zero-order chi connectivity index (χ0) is 21.5. The van der Waals surface area contributed by atoms with Crippen molar-refractivity contribution < 1.29 is 4.79 Å². The van der Waals surface area contributed by atoms with E-state index in [1.807, 2.05) is 25.3 Å². The van der Waals surface area contributed by atoms with Crippen LogP contribution in [-0.2, 0) is 13.0 Å². The summed E-state index contributed by atoms with van der Waals surface area (Å²) in [6, 6.07) is 19.2. The first-order chi connectivity index (χ1) is 15.0. The molecule has 1 aliphatic heterocycles. The minimum Gasteiger partial charge on any atom is -0.313 e. The predicted molar refractivity (Wildman–Crippen MR) is 126 cm³/mol. The highest BCUT2D eigenvalue weighted by Gasteiger charge is 2.23. The van der Waals surface area contributed by atoms with Crippen LogP contribution >= 0.6 is 0 Å². The van der Waals surface area contributed by atoms with Crippen molar-refractivity contribution in [1.29, 1.82) is 0 Å². The molecule has 4 heteroatoms. The quantitative estimate of drug-likeness (QED) is 0.413. The van der Waals surface area contributed by atoms with Crippen molar-refractivity contribution in [1.82, 2.24) is 14.5 Å². The summed E-state index contributed by atoms with van der Waals surface area (Å²) in [4.78, 5) is 18.7. The summed E-state index contributed by atoms with van der Waals surface area (Å²) in [6.07, 6.45) is 3.32. The van der Waals surface area contributed by atoms with E-state index in [-0.39, 0.29) is 5.78 Å². The van der Waals surface area contributed by atoms with Crippen molar-refractivity contribution in [3.63, 3.8) is 0 Å².